The molecule has 17 heavy (non-hydrogen) atoms. The van der Waals surface area contributed by atoms with E-state index in [1.165, 1.54) is 6.33 Å². The molecule has 1 aromatic rings. The maximum absolute atomic E-state index is 9.08. The number of aliphatic hydroxyl groups is 2. The van der Waals surface area contributed by atoms with Crippen molar-refractivity contribution in [1.82, 2.24) is 9.97 Å². The van der Waals surface area contributed by atoms with E-state index >= 15 is 0 Å². The van der Waals surface area contributed by atoms with E-state index in [4.69, 9.17) is 15.5 Å². The second-order valence-corrected chi connectivity index (χ2v) is 4.11. The van der Waals surface area contributed by atoms with Crippen molar-refractivity contribution in [3.05, 3.63) is 18.1 Å². The molecule has 0 spiro atoms. The van der Waals surface area contributed by atoms with E-state index < -0.39 is 6.29 Å². The number of aliphatic hydroxyl groups excluding tert-OH is 1. The summed E-state index contributed by atoms with van der Waals surface area (Å²) in [4.78, 5) is 9.97. The van der Waals surface area contributed by atoms with E-state index in [2.05, 4.69) is 9.97 Å². The lowest BCUT2D eigenvalue weighted by atomic mass is 9.96. The standard InChI is InChI=1S/C11H14N4O2/c12-6-9-5-10(14-7-13-9)15-3-1-8(2-4-15)11(16)17/h5,7-8,11,16-17H,1-4H2. The van der Waals surface area contributed by atoms with Gasteiger partial charge in [0, 0.05) is 25.1 Å². The molecule has 1 fully saturated rings. The highest BCUT2D eigenvalue weighted by atomic mass is 16.5. The van der Waals surface area contributed by atoms with E-state index in [-0.39, 0.29) is 5.92 Å². The van der Waals surface area contributed by atoms with E-state index in [1.807, 2.05) is 11.0 Å². The van der Waals surface area contributed by atoms with Gasteiger partial charge in [-0.15, -0.1) is 0 Å². The van der Waals surface area contributed by atoms with Crippen molar-refractivity contribution in [2.45, 2.75) is 19.1 Å². The highest BCUT2D eigenvalue weighted by Gasteiger charge is 2.24. The SMILES string of the molecule is N#Cc1cc(N2CCC(C(O)O)CC2)ncn1. The third-order valence-corrected chi connectivity index (χ3v) is 3.05. The van der Waals surface area contributed by atoms with Crippen LogP contribution in [0.15, 0.2) is 12.4 Å². The van der Waals surface area contributed by atoms with Crippen LogP contribution in [-0.2, 0) is 0 Å². The Bertz CT molecular complexity index is 422. The fourth-order valence-electron chi connectivity index (χ4n) is 2.01. The lowest BCUT2D eigenvalue weighted by Gasteiger charge is -2.33. The summed E-state index contributed by atoms with van der Waals surface area (Å²) in [5.74, 6) is 0.658. The molecular formula is C11H14N4O2. The van der Waals surface area contributed by atoms with Crippen LogP contribution in [-0.4, -0.2) is 39.6 Å². The van der Waals surface area contributed by atoms with Crippen LogP contribution in [0, 0.1) is 17.2 Å². The van der Waals surface area contributed by atoms with Gasteiger partial charge in [-0.25, -0.2) is 9.97 Å². The Hall–Kier alpha value is -1.71. The maximum atomic E-state index is 9.08. The number of anilines is 1. The van der Waals surface area contributed by atoms with Gasteiger partial charge < -0.3 is 15.1 Å². The predicted molar refractivity (Wildman–Crippen MR) is 59.9 cm³/mol. The number of nitrogens with zero attached hydrogens (tertiary/aromatic N) is 4. The fourth-order valence-corrected chi connectivity index (χ4v) is 2.01. The second kappa shape index (κ2) is 5.08. The summed E-state index contributed by atoms with van der Waals surface area (Å²) in [5, 5.41) is 26.9. The van der Waals surface area contributed by atoms with Crippen molar-refractivity contribution in [2.24, 2.45) is 5.92 Å². The summed E-state index contributed by atoms with van der Waals surface area (Å²) in [5.41, 5.74) is 0.347. The zero-order valence-corrected chi connectivity index (χ0v) is 9.32. The lowest BCUT2D eigenvalue weighted by molar-refractivity contribution is -0.0893. The molecule has 1 aliphatic heterocycles. The van der Waals surface area contributed by atoms with Crippen molar-refractivity contribution in [3.8, 4) is 6.07 Å². The van der Waals surface area contributed by atoms with Crippen LogP contribution in [0.2, 0.25) is 0 Å². The summed E-state index contributed by atoms with van der Waals surface area (Å²) < 4.78 is 0. The molecule has 0 radical (unpaired) electrons. The molecule has 0 bridgehead atoms. The summed E-state index contributed by atoms with van der Waals surface area (Å²) in [7, 11) is 0. The number of aromatic nitrogens is 2. The third-order valence-electron chi connectivity index (χ3n) is 3.05. The first kappa shape index (κ1) is 11.8. The van der Waals surface area contributed by atoms with Gasteiger partial charge in [0.15, 0.2) is 6.29 Å². The maximum Gasteiger partial charge on any atom is 0.154 e. The molecule has 2 heterocycles. The van der Waals surface area contributed by atoms with Gasteiger partial charge >= 0.3 is 0 Å². The summed E-state index contributed by atoms with van der Waals surface area (Å²) in [6.07, 6.45) is 1.56. The molecule has 2 rings (SSSR count). The molecule has 1 aliphatic rings. The lowest BCUT2D eigenvalue weighted by Crippen LogP contribution is -2.38. The molecule has 90 valence electrons. The molecule has 1 saturated heterocycles. The van der Waals surface area contributed by atoms with Crippen molar-refractivity contribution in [1.29, 1.82) is 5.26 Å². The number of rotatable bonds is 2. The largest absolute Gasteiger partial charge is 0.368 e. The number of hydrogen-bond acceptors (Lipinski definition) is 6. The summed E-state index contributed by atoms with van der Waals surface area (Å²) >= 11 is 0. The van der Waals surface area contributed by atoms with Gasteiger partial charge in [0.1, 0.15) is 23.9 Å². The highest BCUT2D eigenvalue weighted by Crippen LogP contribution is 2.23. The van der Waals surface area contributed by atoms with Crippen LogP contribution in [0.25, 0.3) is 0 Å². The molecule has 0 unspecified atom stereocenters. The number of piperidine rings is 1. The molecule has 6 heteroatoms. The fraction of sp³-hybridized carbons (Fsp3) is 0.545. The van der Waals surface area contributed by atoms with Crippen LogP contribution in [0.5, 0.6) is 0 Å². The Morgan fingerprint density at radius 1 is 1.35 bits per heavy atom. The first-order valence-electron chi connectivity index (χ1n) is 5.54. The van der Waals surface area contributed by atoms with Crippen LogP contribution in [0.1, 0.15) is 18.5 Å². The van der Waals surface area contributed by atoms with Gasteiger partial charge in [0.2, 0.25) is 0 Å². The van der Waals surface area contributed by atoms with Crippen molar-refractivity contribution in [3.63, 3.8) is 0 Å². The van der Waals surface area contributed by atoms with Crippen molar-refractivity contribution >= 4 is 5.82 Å². The van der Waals surface area contributed by atoms with Gasteiger partial charge in [-0.2, -0.15) is 5.26 Å². The average Bonchev–Trinajstić information content (AvgIpc) is 2.39. The van der Waals surface area contributed by atoms with Gasteiger partial charge in [-0.1, -0.05) is 0 Å². The molecule has 0 saturated carbocycles. The smallest absolute Gasteiger partial charge is 0.154 e. The average molecular weight is 234 g/mol. The predicted octanol–water partition coefficient (Wildman–Crippen LogP) is -0.125. The van der Waals surface area contributed by atoms with Crippen LogP contribution < -0.4 is 4.90 Å². The Kier molecular flexibility index (Phi) is 3.52. The van der Waals surface area contributed by atoms with Crippen molar-refractivity contribution < 1.29 is 10.2 Å². The van der Waals surface area contributed by atoms with Gasteiger partial charge in [0.25, 0.3) is 0 Å². The Balaban J connectivity index is 2.03. The van der Waals surface area contributed by atoms with E-state index in [9.17, 15) is 0 Å². The van der Waals surface area contributed by atoms with Crippen molar-refractivity contribution in [2.75, 3.05) is 18.0 Å². The molecule has 1 aromatic heterocycles. The minimum Gasteiger partial charge on any atom is -0.368 e. The first-order chi connectivity index (χ1) is 8.20. The van der Waals surface area contributed by atoms with E-state index in [0.29, 0.717) is 31.6 Å². The summed E-state index contributed by atoms with van der Waals surface area (Å²) in [6.45, 7) is 1.42. The van der Waals surface area contributed by atoms with E-state index in [0.717, 1.165) is 5.82 Å². The highest BCUT2D eigenvalue weighted by molar-refractivity contribution is 5.42. The molecule has 2 N–H and O–H groups in total. The molecule has 0 aliphatic carbocycles. The molecule has 0 aromatic carbocycles. The third kappa shape index (κ3) is 2.70. The second-order valence-electron chi connectivity index (χ2n) is 4.11. The zero-order chi connectivity index (χ0) is 12.3. The summed E-state index contributed by atoms with van der Waals surface area (Å²) in [6, 6.07) is 3.62. The van der Waals surface area contributed by atoms with Gasteiger partial charge in [-0.05, 0) is 12.8 Å². The minimum atomic E-state index is -1.24. The topological polar surface area (TPSA) is 93.3 Å². The van der Waals surface area contributed by atoms with Gasteiger partial charge in [0.05, 0.1) is 0 Å². The number of nitriles is 1. The quantitative estimate of drug-likeness (QED) is 0.693. The molecule has 6 nitrogen and oxygen atoms in total. The molecular weight excluding hydrogens is 220 g/mol. The van der Waals surface area contributed by atoms with Crippen LogP contribution in [0.4, 0.5) is 5.82 Å². The zero-order valence-electron chi connectivity index (χ0n) is 9.32. The monoisotopic (exact) mass is 234 g/mol. The Labute approximate surface area is 99.2 Å². The molecule has 0 atom stereocenters. The minimum absolute atomic E-state index is 0.0662. The normalized spacial score (nSPS) is 17.2. The van der Waals surface area contributed by atoms with Crippen LogP contribution in [0.3, 0.4) is 0 Å². The van der Waals surface area contributed by atoms with E-state index in [1.54, 1.807) is 6.07 Å². The van der Waals surface area contributed by atoms with Gasteiger partial charge in [-0.3, -0.25) is 0 Å². The Morgan fingerprint density at radius 2 is 2.06 bits per heavy atom. The Morgan fingerprint density at radius 3 is 2.65 bits per heavy atom. The molecule has 0 amide bonds. The first-order valence-corrected chi connectivity index (χ1v) is 5.54. The number of hydrogen-bond donors (Lipinski definition) is 2. The van der Waals surface area contributed by atoms with Crippen LogP contribution >= 0.6 is 0 Å².